The van der Waals surface area contributed by atoms with Crippen LogP contribution in [0.5, 0.6) is 0 Å². The van der Waals surface area contributed by atoms with Gasteiger partial charge in [0.15, 0.2) is 0 Å². The van der Waals surface area contributed by atoms with Crippen LogP contribution in [0.15, 0.2) is 6.07 Å². The van der Waals surface area contributed by atoms with Crippen molar-refractivity contribution < 1.29 is 0 Å². The fourth-order valence-electron chi connectivity index (χ4n) is 1.87. The lowest BCUT2D eigenvalue weighted by Gasteiger charge is -2.18. The Hall–Kier alpha value is -1.12. The van der Waals surface area contributed by atoms with Crippen LogP contribution in [-0.2, 0) is 0 Å². The molecule has 3 heteroatoms. The van der Waals surface area contributed by atoms with Gasteiger partial charge < -0.3 is 5.32 Å². The van der Waals surface area contributed by atoms with E-state index in [1.54, 1.807) is 0 Å². The van der Waals surface area contributed by atoms with Crippen molar-refractivity contribution in [2.24, 2.45) is 5.92 Å². The van der Waals surface area contributed by atoms with Crippen LogP contribution >= 0.6 is 0 Å². The molecule has 0 saturated heterocycles. The molecule has 0 spiro atoms. The van der Waals surface area contributed by atoms with E-state index < -0.39 is 0 Å². The molecule has 1 N–H and O–H groups in total. The molecule has 0 radical (unpaired) electrons. The Morgan fingerprint density at radius 1 is 1.25 bits per heavy atom. The molecule has 1 rings (SSSR count). The fourth-order valence-corrected chi connectivity index (χ4v) is 1.87. The lowest BCUT2D eigenvalue weighted by Crippen LogP contribution is -2.19. The zero-order valence-electron chi connectivity index (χ0n) is 11.0. The van der Waals surface area contributed by atoms with Crippen LogP contribution in [0.3, 0.4) is 0 Å². The second-order valence-electron chi connectivity index (χ2n) is 4.74. The topological polar surface area (TPSA) is 37.8 Å². The summed E-state index contributed by atoms with van der Waals surface area (Å²) in [7, 11) is 0. The van der Waals surface area contributed by atoms with Crippen LogP contribution in [0.2, 0.25) is 0 Å². The van der Waals surface area contributed by atoms with Crippen molar-refractivity contribution in [3.63, 3.8) is 0 Å². The van der Waals surface area contributed by atoms with E-state index in [2.05, 4.69) is 36.1 Å². The second-order valence-corrected chi connectivity index (χ2v) is 4.74. The number of hydrogen-bond acceptors (Lipinski definition) is 3. The third-order valence-corrected chi connectivity index (χ3v) is 2.81. The van der Waals surface area contributed by atoms with E-state index in [1.807, 2.05) is 19.9 Å². The minimum Gasteiger partial charge on any atom is -0.367 e. The zero-order chi connectivity index (χ0) is 12.1. The van der Waals surface area contributed by atoms with E-state index >= 15 is 0 Å². The van der Waals surface area contributed by atoms with E-state index in [0.29, 0.717) is 6.04 Å². The maximum atomic E-state index is 4.38. The van der Waals surface area contributed by atoms with Gasteiger partial charge in [-0.25, -0.2) is 9.97 Å². The molecule has 0 aliphatic heterocycles. The van der Waals surface area contributed by atoms with Gasteiger partial charge in [-0.05, 0) is 33.1 Å². The normalized spacial score (nSPS) is 14.6. The van der Waals surface area contributed by atoms with Gasteiger partial charge >= 0.3 is 0 Å². The van der Waals surface area contributed by atoms with Gasteiger partial charge in [0.05, 0.1) is 0 Å². The molecule has 16 heavy (non-hydrogen) atoms. The summed E-state index contributed by atoms with van der Waals surface area (Å²) in [5, 5.41) is 3.44. The SMILES string of the molecule is CCC(C)CC(C)Nc1cc(C)nc(C)n1. The molecule has 0 aliphatic rings. The van der Waals surface area contributed by atoms with Crippen molar-refractivity contribution in [2.75, 3.05) is 5.32 Å². The first-order valence-corrected chi connectivity index (χ1v) is 6.10. The van der Waals surface area contributed by atoms with Crippen molar-refractivity contribution in [1.82, 2.24) is 9.97 Å². The summed E-state index contributed by atoms with van der Waals surface area (Å²) in [5.74, 6) is 2.53. The number of rotatable bonds is 5. The van der Waals surface area contributed by atoms with Crippen molar-refractivity contribution in [1.29, 1.82) is 0 Å². The standard InChI is InChI=1S/C13H23N3/c1-6-9(2)7-10(3)15-13-8-11(4)14-12(5)16-13/h8-10H,6-7H2,1-5H3,(H,14,15,16). The van der Waals surface area contributed by atoms with Gasteiger partial charge in [-0.2, -0.15) is 0 Å². The van der Waals surface area contributed by atoms with Crippen molar-refractivity contribution >= 4 is 5.82 Å². The monoisotopic (exact) mass is 221 g/mol. The minimum absolute atomic E-state index is 0.462. The first kappa shape index (κ1) is 12.9. The average Bonchev–Trinajstić information content (AvgIpc) is 2.15. The zero-order valence-corrected chi connectivity index (χ0v) is 11.0. The van der Waals surface area contributed by atoms with Crippen LogP contribution < -0.4 is 5.32 Å². The molecule has 0 aliphatic carbocycles. The van der Waals surface area contributed by atoms with Crippen molar-refractivity contribution in [3.05, 3.63) is 17.6 Å². The summed E-state index contributed by atoms with van der Waals surface area (Å²) in [6, 6.07) is 2.46. The van der Waals surface area contributed by atoms with E-state index in [1.165, 1.54) is 12.8 Å². The van der Waals surface area contributed by atoms with Crippen LogP contribution in [-0.4, -0.2) is 16.0 Å². The Morgan fingerprint density at radius 2 is 1.94 bits per heavy atom. The third-order valence-electron chi connectivity index (χ3n) is 2.81. The number of nitrogens with zero attached hydrogens (tertiary/aromatic N) is 2. The van der Waals surface area contributed by atoms with Gasteiger partial charge in [0.2, 0.25) is 0 Å². The lowest BCUT2D eigenvalue weighted by atomic mass is 10.0. The number of hydrogen-bond donors (Lipinski definition) is 1. The number of aromatic nitrogens is 2. The molecule has 90 valence electrons. The highest BCUT2D eigenvalue weighted by Crippen LogP contribution is 2.14. The number of aryl methyl sites for hydroxylation is 2. The predicted octanol–water partition coefficient (Wildman–Crippen LogP) is 3.33. The van der Waals surface area contributed by atoms with E-state index in [0.717, 1.165) is 23.3 Å². The van der Waals surface area contributed by atoms with Gasteiger partial charge in [-0.3, -0.25) is 0 Å². The van der Waals surface area contributed by atoms with Crippen molar-refractivity contribution in [2.45, 2.75) is 53.5 Å². The Bertz CT molecular complexity index is 316. The summed E-state index contributed by atoms with van der Waals surface area (Å²) < 4.78 is 0. The molecule has 0 amide bonds. The predicted molar refractivity (Wildman–Crippen MR) is 68.7 cm³/mol. The maximum Gasteiger partial charge on any atom is 0.130 e. The molecule has 1 aromatic rings. The lowest BCUT2D eigenvalue weighted by molar-refractivity contribution is 0.483. The summed E-state index contributed by atoms with van der Waals surface area (Å²) in [6.07, 6.45) is 2.41. The summed E-state index contributed by atoms with van der Waals surface area (Å²) in [6.45, 7) is 10.7. The number of anilines is 1. The third kappa shape index (κ3) is 4.17. The summed E-state index contributed by atoms with van der Waals surface area (Å²) >= 11 is 0. The van der Waals surface area contributed by atoms with Crippen LogP contribution in [0, 0.1) is 19.8 Å². The van der Waals surface area contributed by atoms with Crippen LogP contribution in [0.4, 0.5) is 5.82 Å². The molecule has 0 fully saturated rings. The van der Waals surface area contributed by atoms with Crippen molar-refractivity contribution in [3.8, 4) is 0 Å². The molecule has 0 saturated carbocycles. The average molecular weight is 221 g/mol. The summed E-state index contributed by atoms with van der Waals surface area (Å²) in [4.78, 5) is 8.65. The molecule has 1 aromatic heterocycles. The molecule has 0 aromatic carbocycles. The highest BCUT2D eigenvalue weighted by Gasteiger charge is 2.08. The largest absolute Gasteiger partial charge is 0.367 e. The molecular formula is C13H23N3. The Labute approximate surface area is 98.7 Å². The Balaban J connectivity index is 2.58. The molecular weight excluding hydrogens is 198 g/mol. The molecule has 0 bridgehead atoms. The molecule has 2 atom stereocenters. The number of nitrogens with one attached hydrogen (secondary N) is 1. The Morgan fingerprint density at radius 3 is 2.50 bits per heavy atom. The minimum atomic E-state index is 0.462. The highest BCUT2D eigenvalue weighted by atomic mass is 15.0. The fraction of sp³-hybridized carbons (Fsp3) is 0.692. The highest BCUT2D eigenvalue weighted by molar-refractivity contribution is 5.36. The van der Waals surface area contributed by atoms with Gasteiger partial charge in [-0.1, -0.05) is 20.3 Å². The van der Waals surface area contributed by atoms with Crippen LogP contribution in [0.25, 0.3) is 0 Å². The Kier molecular flexibility index (Phi) is 4.71. The van der Waals surface area contributed by atoms with Crippen LogP contribution in [0.1, 0.15) is 45.1 Å². The first-order valence-electron chi connectivity index (χ1n) is 6.10. The van der Waals surface area contributed by atoms with Gasteiger partial charge in [0, 0.05) is 17.8 Å². The first-order chi connectivity index (χ1) is 7.51. The smallest absolute Gasteiger partial charge is 0.130 e. The van der Waals surface area contributed by atoms with E-state index in [4.69, 9.17) is 0 Å². The van der Waals surface area contributed by atoms with Gasteiger partial charge in [-0.15, -0.1) is 0 Å². The van der Waals surface area contributed by atoms with Gasteiger partial charge in [0.1, 0.15) is 11.6 Å². The molecule has 1 heterocycles. The molecule has 2 unspecified atom stereocenters. The maximum absolute atomic E-state index is 4.38. The van der Waals surface area contributed by atoms with E-state index in [9.17, 15) is 0 Å². The van der Waals surface area contributed by atoms with Gasteiger partial charge in [0.25, 0.3) is 0 Å². The quantitative estimate of drug-likeness (QED) is 0.828. The van der Waals surface area contributed by atoms with E-state index in [-0.39, 0.29) is 0 Å². The summed E-state index contributed by atoms with van der Waals surface area (Å²) in [5.41, 5.74) is 1.02. The molecule has 3 nitrogen and oxygen atoms in total. The second kappa shape index (κ2) is 5.83.